The van der Waals surface area contributed by atoms with Gasteiger partial charge in [-0.2, -0.15) is 4.31 Å². The lowest BCUT2D eigenvalue weighted by Gasteiger charge is -2.46. The predicted octanol–water partition coefficient (Wildman–Crippen LogP) is 3.73. The second kappa shape index (κ2) is 6.83. The van der Waals surface area contributed by atoms with Crippen LogP contribution in [-0.4, -0.2) is 31.6 Å². The summed E-state index contributed by atoms with van der Waals surface area (Å²) in [5.41, 5.74) is 2.26. The van der Waals surface area contributed by atoms with Crippen molar-refractivity contribution in [1.82, 2.24) is 4.31 Å². The molecule has 1 heterocycles. The molecule has 0 N–H and O–H groups in total. The first-order valence-electron chi connectivity index (χ1n) is 9.41. The van der Waals surface area contributed by atoms with E-state index in [9.17, 15) is 13.2 Å². The highest BCUT2D eigenvalue weighted by molar-refractivity contribution is 7.89. The summed E-state index contributed by atoms with van der Waals surface area (Å²) >= 11 is 0. The van der Waals surface area contributed by atoms with Gasteiger partial charge in [-0.25, -0.2) is 8.42 Å². The summed E-state index contributed by atoms with van der Waals surface area (Å²) in [5, 5.41) is 0. The number of sulfonamides is 1. The molecule has 4 nitrogen and oxygen atoms in total. The second-order valence-electron chi connectivity index (χ2n) is 7.52. The van der Waals surface area contributed by atoms with E-state index < -0.39 is 15.4 Å². The topological polar surface area (TPSA) is 54.5 Å². The summed E-state index contributed by atoms with van der Waals surface area (Å²) in [5.74, 6) is -0.261. The number of nitrogens with zero attached hydrogens (tertiary/aromatic N) is 1. The molecule has 1 spiro atoms. The van der Waals surface area contributed by atoms with Crippen molar-refractivity contribution in [2.45, 2.75) is 23.7 Å². The maximum atomic E-state index is 13.2. The third-order valence-corrected chi connectivity index (χ3v) is 7.91. The minimum atomic E-state index is -3.62. The van der Waals surface area contributed by atoms with Crippen LogP contribution in [0.25, 0.3) is 6.08 Å². The van der Waals surface area contributed by atoms with Gasteiger partial charge in [-0.1, -0.05) is 54.1 Å². The quantitative estimate of drug-likeness (QED) is 0.747. The fraction of sp³-hybridized carbons (Fsp3) is 0.261. The van der Waals surface area contributed by atoms with Gasteiger partial charge in [-0.15, -0.1) is 6.58 Å². The Kier molecular flexibility index (Phi) is 4.60. The molecule has 2 atom stereocenters. The SMILES string of the molecule is C=C[C@@H]1CN(S(=O)(=O)c2ccc(C)cc2)CC[C@]12C(=O)C=Cc1ccccc12. The van der Waals surface area contributed by atoms with E-state index in [1.54, 1.807) is 36.4 Å². The highest BCUT2D eigenvalue weighted by Gasteiger charge is 2.51. The van der Waals surface area contributed by atoms with Gasteiger partial charge in [-0.05, 0) is 42.7 Å². The summed E-state index contributed by atoms with van der Waals surface area (Å²) in [4.78, 5) is 13.3. The zero-order valence-electron chi connectivity index (χ0n) is 15.8. The van der Waals surface area contributed by atoms with Crippen LogP contribution in [0.1, 0.15) is 23.1 Å². The average Bonchev–Trinajstić information content (AvgIpc) is 2.71. The van der Waals surface area contributed by atoms with Crippen molar-refractivity contribution in [1.29, 1.82) is 0 Å². The van der Waals surface area contributed by atoms with E-state index >= 15 is 0 Å². The fourth-order valence-corrected chi connectivity index (χ4v) is 5.91. The van der Waals surface area contributed by atoms with Gasteiger partial charge >= 0.3 is 0 Å². The van der Waals surface area contributed by atoms with E-state index in [1.165, 1.54) is 4.31 Å². The number of benzene rings is 2. The Morgan fingerprint density at radius 1 is 1.11 bits per heavy atom. The van der Waals surface area contributed by atoms with Gasteiger partial charge in [0.1, 0.15) is 0 Å². The Labute approximate surface area is 166 Å². The molecule has 2 aliphatic rings. The molecular formula is C23H23NO3S. The molecule has 0 amide bonds. The Morgan fingerprint density at radius 3 is 2.54 bits per heavy atom. The molecule has 2 aromatic rings. The molecule has 0 radical (unpaired) electrons. The normalized spacial score (nSPS) is 24.9. The van der Waals surface area contributed by atoms with E-state index in [0.29, 0.717) is 13.0 Å². The van der Waals surface area contributed by atoms with Gasteiger partial charge in [0, 0.05) is 19.0 Å². The lowest BCUT2D eigenvalue weighted by molar-refractivity contribution is -0.122. The van der Waals surface area contributed by atoms with Crippen molar-refractivity contribution in [3.8, 4) is 0 Å². The third-order valence-electron chi connectivity index (χ3n) is 6.03. The van der Waals surface area contributed by atoms with Crippen molar-refractivity contribution in [2.24, 2.45) is 5.92 Å². The molecule has 0 saturated carbocycles. The van der Waals surface area contributed by atoms with Crippen molar-refractivity contribution in [2.75, 3.05) is 13.1 Å². The van der Waals surface area contributed by atoms with Gasteiger partial charge in [-0.3, -0.25) is 4.79 Å². The van der Waals surface area contributed by atoms with Crippen molar-refractivity contribution >= 4 is 21.9 Å². The highest BCUT2D eigenvalue weighted by atomic mass is 32.2. The fourth-order valence-electron chi connectivity index (χ4n) is 4.44. The Bertz CT molecular complexity index is 1070. The Morgan fingerprint density at radius 2 is 1.82 bits per heavy atom. The van der Waals surface area contributed by atoms with Crippen LogP contribution in [0, 0.1) is 12.8 Å². The maximum absolute atomic E-state index is 13.2. The number of hydrogen-bond acceptors (Lipinski definition) is 3. The molecule has 0 bridgehead atoms. The second-order valence-corrected chi connectivity index (χ2v) is 9.46. The largest absolute Gasteiger partial charge is 0.294 e. The number of hydrogen-bond donors (Lipinski definition) is 0. The zero-order chi connectivity index (χ0) is 19.9. The minimum Gasteiger partial charge on any atom is -0.294 e. The molecule has 1 aliphatic carbocycles. The van der Waals surface area contributed by atoms with Crippen LogP contribution in [0.3, 0.4) is 0 Å². The van der Waals surface area contributed by atoms with Gasteiger partial charge in [0.15, 0.2) is 5.78 Å². The summed E-state index contributed by atoms with van der Waals surface area (Å²) in [6, 6.07) is 14.7. The molecule has 1 saturated heterocycles. The Balaban J connectivity index is 1.72. The van der Waals surface area contributed by atoms with E-state index in [0.717, 1.165) is 16.7 Å². The standard InChI is InChI=1S/C23H23NO3S/c1-3-19-16-24(28(26,27)20-11-8-17(2)9-12-20)15-14-23(19)21-7-5-4-6-18(21)10-13-22(23)25/h3-13,19H,1,14-16H2,2H3/t19-,23+/m1/s1. The number of rotatable bonds is 3. The molecule has 0 aromatic heterocycles. The number of carbonyl (C=O) groups excluding carboxylic acids is 1. The molecule has 0 unspecified atom stereocenters. The van der Waals surface area contributed by atoms with Gasteiger partial charge in [0.05, 0.1) is 10.3 Å². The van der Waals surface area contributed by atoms with Gasteiger partial charge in [0.25, 0.3) is 0 Å². The molecule has 5 heteroatoms. The van der Waals surface area contributed by atoms with Gasteiger partial charge < -0.3 is 0 Å². The van der Waals surface area contributed by atoms with E-state index in [1.807, 2.05) is 37.3 Å². The summed E-state index contributed by atoms with van der Waals surface area (Å²) in [6.45, 7) is 6.41. The summed E-state index contributed by atoms with van der Waals surface area (Å²) in [7, 11) is -3.62. The summed E-state index contributed by atoms with van der Waals surface area (Å²) in [6.07, 6.45) is 5.65. The maximum Gasteiger partial charge on any atom is 0.243 e. The molecular weight excluding hydrogens is 370 g/mol. The third kappa shape index (κ3) is 2.77. The van der Waals surface area contributed by atoms with Crippen molar-refractivity contribution in [3.05, 3.63) is 84.0 Å². The molecule has 4 rings (SSSR count). The van der Waals surface area contributed by atoms with E-state index in [4.69, 9.17) is 0 Å². The highest BCUT2D eigenvalue weighted by Crippen LogP contribution is 2.46. The molecule has 1 fully saturated rings. The van der Waals surface area contributed by atoms with Crippen LogP contribution in [0.4, 0.5) is 0 Å². The lowest BCUT2D eigenvalue weighted by atomic mass is 9.61. The lowest BCUT2D eigenvalue weighted by Crippen LogP contribution is -2.55. The molecule has 28 heavy (non-hydrogen) atoms. The smallest absolute Gasteiger partial charge is 0.243 e. The minimum absolute atomic E-state index is 0.0310. The predicted molar refractivity (Wildman–Crippen MR) is 110 cm³/mol. The first kappa shape index (κ1) is 18.8. The number of piperidine rings is 1. The molecule has 144 valence electrons. The molecule has 2 aromatic carbocycles. The van der Waals surface area contributed by atoms with Crippen LogP contribution in [0.2, 0.25) is 0 Å². The number of allylic oxidation sites excluding steroid dienone is 1. The van der Waals surface area contributed by atoms with Crippen LogP contribution in [0.15, 0.2) is 72.2 Å². The van der Waals surface area contributed by atoms with Crippen LogP contribution < -0.4 is 0 Å². The summed E-state index contributed by atoms with van der Waals surface area (Å²) < 4.78 is 27.8. The zero-order valence-corrected chi connectivity index (χ0v) is 16.7. The van der Waals surface area contributed by atoms with Crippen LogP contribution >= 0.6 is 0 Å². The number of carbonyl (C=O) groups is 1. The Hall–Kier alpha value is -2.50. The van der Waals surface area contributed by atoms with Crippen LogP contribution in [0.5, 0.6) is 0 Å². The van der Waals surface area contributed by atoms with E-state index in [2.05, 4.69) is 6.58 Å². The number of aryl methyl sites for hydroxylation is 1. The van der Waals surface area contributed by atoms with Gasteiger partial charge in [0.2, 0.25) is 10.0 Å². The average molecular weight is 394 g/mol. The molecule has 1 aliphatic heterocycles. The van der Waals surface area contributed by atoms with E-state index in [-0.39, 0.29) is 23.1 Å². The monoisotopic (exact) mass is 393 g/mol. The first-order chi connectivity index (χ1) is 13.4. The van der Waals surface area contributed by atoms with Crippen molar-refractivity contribution in [3.63, 3.8) is 0 Å². The number of fused-ring (bicyclic) bond motifs is 2. The first-order valence-corrected chi connectivity index (χ1v) is 10.8. The van der Waals surface area contributed by atoms with Crippen molar-refractivity contribution < 1.29 is 13.2 Å². The number of ketones is 1. The van der Waals surface area contributed by atoms with Crippen LogP contribution in [-0.2, 0) is 20.2 Å².